The van der Waals surface area contributed by atoms with Crippen LogP contribution in [-0.2, 0) is 11.2 Å². The van der Waals surface area contributed by atoms with Crippen molar-refractivity contribution in [1.29, 1.82) is 5.26 Å². The first-order chi connectivity index (χ1) is 9.74. The van der Waals surface area contributed by atoms with Crippen LogP contribution in [0.2, 0.25) is 0 Å². The average molecular weight is 263 g/mol. The lowest BCUT2D eigenvalue weighted by atomic mass is 9.88. The van der Waals surface area contributed by atoms with Crippen LogP contribution in [0.3, 0.4) is 0 Å². The predicted molar refractivity (Wildman–Crippen MR) is 79.3 cm³/mol. The summed E-state index contributed by atoms with van der Waals surface area (Å²) in [7, 11) is 0. The maximum Gasteiger partial charge on any atom is 0.144 e. The highest BCUT2D eigenvalue weighted by molar-refractivity contribution is 5.87. The number of ketones is 1. The normalized spacial score (nSPS) is 11.6. The summed E-state index contributed by atoms with van der Waals surface area (Å²) < 4.78 is 0. The van der Waals surface area contributed by atoms with Crippen LogP contribution in [0, 0.1) is 11.3 Å². The Morgan fingerprint density at radius 2 is 1.75 bits per heavy atom. The zero-order valence-electron chi connectivity index (χ0n) is 11.5. The molecule has 100 valence electrons. The first kappa shape index (κ1) is 14.0. The third kappa shape index (κ3) is 3.33. The van der Waals surface area contributed by atoms with E-state index in [1.165, 1.54) is 0 Å². The second-order valence-electron chi connectivity index (χ2n) is 4.82. The molecule has 0 fully saturated rings. The predicted octanol–water partition coefficient (Wildman–Crippen LogP) is 3.86. The molecule has 0 N–H and O–H groups in total. The van der Waals surface area contributed by atoms with Gasteiger partial charge in [-0.3, -0.25) is 4.79 Å². The van der Waals surface area contributed by atoms with Crippen molar-refractivity contribution in [3.8, 4) is 6.07 Å². The molecule has 0 aliphatic rings. The van der Waals surface area contributed by atoms with E-state index in [4.69, 9.17) is 5.26 Å². The van der Waals surface area contributed by atoms with Crippen LogP contribution >= 0.6 is 0 Å². The molecule has 1 unspecified atom stereocenters. The van der Waals surface area contributed by atoms with E-state index in [9.17, 15) is 4.79 Å². The third-order valence-corrected chi connectivity index (χ3v) is 3.46. The molecule has 0 saturated carbocycles. The van der Waals surface area contributed by atoms with E-state index in [1.807, 2.05) is 49.4 Å². The summed E-state index contributed by atoms with van der Waals surface area (Å²) in [5.41, 5.74) is 2.66. The summed E-state index contributed by atoms with van der Waals surface area (Å²) in [6.45, 7) is 2.02. The van der Waals surface area contributed by atoms with Crippen molar-refractivity contribution in [3.63, 3.8) is 0 Å². The molecule has 0 aliphatic carbocycles. The standard InChI is InChI=1S/C18H17NO/c1-2-17(16-10-8-15(13-19)9-11-16)18(20)12-14-6-4-3-5-7-14/h3-11,17H,2,12H2,1H3. The van der Waals surface area contributed by atoms with Crippen molar-refractivity contribution in [2.75, 3.05) is 0 Å². The fourth-order valence-electron chi connectivity index (χ4n) is 2.36. The molecule has 0 spiro atoms. The zero-order valence-corrected chi connectivity index (χ0v) is 11.5. The van der Waals surface area contributed by atoms with Crippen molar-refractivity contribution in [2.24, 2.45) is 0 Å². The largest absolute Gasteiger partial charge is 0.299 e. The van der Waals surface area contributed by atoms with Gasteiger partial charge in [0.15, 0.2) is 0 Å². The van der Waals surface area contributed by atoms with E-state index in [2.05, 4.69) is 6.07 Å². The van der Waals surface area contributed by atoms with Crippen molar-refractivity contribution in [2.45, 2.75) is 25.7 Å². The lowest BCUT2D eigenvalue weighted by Crippen LogP contribution is -2.14. The molecule has 20 heavy (non-hydrogen) atoms. The number of carbonyl (C=O) groups is 1. The van der Waals surface area contributed by atoms with Gasteiger partial charge in [-0.15, -0.1) is 0 Å². The molecular formula is C18H17NO. The maximum atomic E-state index is 12.4. The van der Waals surface area contributed by atoms with E-state index >= 15 is 0 Å². The highest BCUT2D eigenvalue weighted by atomic mass is 16.1. The van der Waals surface area contributed by atoms with Gasteiger partial charge in [0.05, 0.1) is 11.6 Å². The molecule has 0 aliphatic heterocycles. The Morgan fingerprint density at radius 1 is 1.10 bits per heavy atom. The Bertz CT molecular complexity index is 608. The van der Waals surface area contributed by atoms with Gasteiger partial charge in [-0.05, 0) is 29.7 Å². The van der Waals surface area contributed by atoms with Crippen LogP contribution in [0.5, 0.6) is 0 Å². The first-order valence-corrected chi connectivity index (χ1v) is 6.81. The van der Waals surface area contributed by atoms with E-state index < -0.39 is 0 Å². The molecule has 0 radical (unpaired) electrons. The van der Waals surface area contributed by atoms with E-state index in [0.717, 1.165) is 17.5 Å². The van der Waals surface area contributed by atoms with Crippen LogP contribution in [0.15, 0.2) is 54.6 Å². The molecule has 0 heterocycles. The van der Waals surface area contributed by atoms with Gasteiger partial charge in [0, 0.05) is 12.3 Å². The number of nitriles is 1. The molecular weight excluding hydrogens is 246 g/mol. The van der Waals surface area contributed by atoms with Gasteiger partial charge < -0.3 is 0 Å². The highest BCUT2D eigenvalue weighted by Crippen LogP contribution is 2.22. The Morgan fingerprint density at radius 3 is 2.30 bits per heavy atom. The van der Waals surface area contributed by atoms with Gasteiger partial charge in [-0.25, -0.2) is 0 Å². The minimum absolute atomic E-state index is 0.0945. The number of hydrogen-bond donors (Lipinski definition) is 0. The lowest BCUT2D eigenvalue weighted by molar-refractivity contribution is -0.119. The number of hydrogen-bond acceptors (Lipinski definition) is 2. The second kappa shape index (κ2) is 6.68. The number of carbonyl (C=O) groups excluding carboxylic acids is 1. The Labute approximate surface area is 119 Å². The molecule has 0 amide bonds. The number of Topliss-reactive ketones (excluding diaryl/α,β-unsaturated/α-hetero) is 1. The summed E-state index contributed by atoms with van der Waals surface area (Å²) in [6.07, 6.45) is 1.23. The molecule has 0 bridgehead atoms. The summed E-state index contributed by atoms with van der Waals surface area (Å²) >= 11 is 0. The molecule has 2 heteroatoms. The van der Waals surface area contributed by atoms with Gasteiger partial charge in [0.25, 0.3) is 0 Å². The SMILES string of the molecule is CCC(C(=O)Cc1ccccc1)c1ccc(C#N)cc1. The molecule has 2 rings (SSSR count). The van der Waals surface area contributed by atoms with Crippen molar-refractivity contribution in [3.05, 3.63) is 71.3 Å². The van der Waals surface area contributed by atoms with Crippen LogP contribution in [0.25, 0.3) is 0 Å². The number of rotatable bonds is 5. The fourth-order valence-corrected chi connectivity index (χ4v) is 2.36. The molecule has 2 nitrogen and oxygen atoms in total. The van der Waals surface area contributed by atoms with E-state index in [1.54, 1.807) is 12.1 Å². The highest BCUT2D eigenvalue weighted by Gasteiger charge is 2.18. The summed E-state index contributed by atoms with van der Waals surface area (Å²) in [4.78, 5) is 12.4. The first-order valence-electron chi connectivity index (χ1n) is 6.81. The van der Waals surface area contributed by atoms with Gasteiger partial charge in [-0.1, -0.05) is 49.4 Å². The number of benzene rings is 2. The Balaban J connectivity index is 2.15. The summed E-state index contributed by atoms with van der Waals surface area (Å²) in [5.74, 6) is 0.131. The van der Waals surface area contributed by atoms with Crippen molar-refractivity contribution < 1.29 is 4.79 Å². The molecule has 1 atom stereocenters. The smallest absolute Gasteiger partial charge is 0.144 e. The lowest BCUT2D eigenvalue weighted by Gasteiger charge is -2.14. The van der Waals surface area contributed by atoms with Crippen molar-refractivity contribution >= 4 is 5.78 Å². The van der Waals surface area contributed by atoms with E-state index in [0.29, 0.717) is 12.0 Å². The third-order valence-electron chi connectivity index (χ3n) is 3.46. The summed E-state index contributed by atoms with van der Waals surface area (Å²) in [6, 6.07) is 19.2. The molecule has 0 saturated heterocycles. The molecule has 2 aromatic carbocycles. The minimum Gasteiger partial charge on any atom is -0.299 e. The average Bonchev–Trinajstić information content (AvgIpc) is 2.49. The van der Waals surface area contributed by atoms with Crippen molar-refractivity contribution in [1.82, 2.24) is 0 Å². The van der Waals surface area contributed by atoms with Gasteiger partial charge in [0.2, 0.25) is 0 Å². The van der Waals surface area contributed by atoms with E-state index in [-0.39, 0.29) is 11.7 Å². The summed E-state index contributed by atoms with van der Waals surface area (Å²) in [5, 5.41) is 8.81. The Kier molecular flexibility index (Phi) is 4.68. The van der Waals surface area contributed by atoms with Gasteiger partial charge in [-0.2, -0.15) is 5.26 Å². The molecule has 2 aromatic rings. The fraction of sp³-hybridized carbons (Fsp3) is 0.222. The second-order valence-corrected chi connectivity index (χ2v) is 4.82. The quantitative estimate of drug-likeness (QED) is 0.821. The zero-order chi connectivity index (χ0) is 14.4. The van der Waals surface area contributed by atoms with Gasteiger partial charge >= 0.3 is 0 Å². The van der Waals surface area contributed by atoms with Crippen LogP contribution < -0.4 is 0 Å². The van der Waals surface area contributed by atoms with Gasteiger partial charge in [0.1, 0.15) is 5.78 Å². The Hall–Kier alpha value is -2.40. The minimum atomic E-state index is -0.0945. The number of nitrogens with zero attached hydrogens (tertiary/aromatic N) is 1. The topological polar surface area (TPSA) is 40.9 Å². The van der Waals surface area contributed by atoms with Crippen LogP contribution in [-0.4, -0.2) is 5.78 Å². The van der Waals surface area contributed by atoms with Crippen LogP contribution in [0.4, 0.5) is 0 Å². The van der Waals surface area contributed by atoms with Crippen LogP contribution in [0.1, 0.15) is 36.0 Å². The maximum absolute atomic E-state index is 12.4. The molecule has 0 aromatic heterocycles. The monoisotopic (exact) mass is 263 g/mol.